The standard InChI is InChI=1S/C13H12BrN3O2/c1-9-2-4-11(8-15-9)16-7-10-3-5-12(14)13(6-10)17(18)19/h2-6,8,16H,7H2,1H3. The van der Waals surface area contributed by atoms with Gasteiger partial charge in [0.15, 0.2) is 0 Å². The molecule has 0 aliphatic heterocycles. The molecule has 98 valence electrons. The van der Waals surface area contributed by atoms with E-state index < -0.39 is 4.92 Å². The topological polar surface area (TPSA) is 68.1 Å². The van der Waals surface area contributed by atoms with E-state index in [0.29, 0.717) is 11.0 Å². The summed E-state index contributed by atoms with van der Waals surface area (Å²) in [5.74, 6) is 0. The lowest BCUT2D eigenvalue weighted by Gasteiger charge is -2.06. The minimum atomic E-state index is -0.402. The fraction of sp³-hybridized carbons (Fsp3) is 0.154. The lowest BCUT2D eigenvalue weighted by molar-refractivity contribution is -0.385. The van der Waals surface area contributed by atoms with Gasteiger partial charge in [0.05, 0.1) is 21.3 Å². The Kier molecular flexibility index (Phi) is 4.11. The molecule has 2 rings (SSSR count). The van der Waals surface area contributed by atoms with Crippen LogP contribution in [0, 0.1) is 17.0 Å². The number of rotatable bonds is 4. The predicted molar refractivity (Wildman–Crippen MR) is 77.1 cm³/mol. The molecule has 5 nitrogen and oxygen atoms in total. The van der Waals surface area contributed by atoms with Crippen LogP contribution in [0.5, 0.6) is 0 Å². The van der Waals surface area contributed by atoms with E-state index in [1.165, 1.54) is 0 Å². The first-order valence-corrected chi connectivity index (χ1v) is 6.45. The molecule has 0 unspecified atom stereocenters. The summed E-state index contributed by atoms with van der Waals surface area (Å²) in [6.07, 6.45) is 1.74. The molecule has 1 aromatic heterocycles. The monoisotopic (exact) mass is 321 g/mol. The molecule has 0 aliphatic rings. The minimum absolute atomic E-state index is 0.0707. The summed E-state index contributed by atoms with van der Waals surface area (Å²) in [4.78, 5) is 14.6. The number of hydrogen-bond donors (Lipinski definition) is 1. The molecule has 2 aromatic rings. The van der Waals surface area contributed by atoms with Crippen LogP contribution in [0.25, 0.3) is 0 Å². The zero-order valence-electron chi connectivity index (χ0n) is 10.3. The van der Waals surface area contributed by atoms with Gasteiger partial charge in [-0.2, -0.15) is 0 Å². The quantitative estimate of drug-likeness (QED) is 0.689. The first kappa shape index (κ1) is 13.5. The highest BCUT2D eigenvalue weighted by Gasteiger charge is 2.11. The van der Waals surface area contributed by atoms with Crippen molar-refractivity contribution in [2.45, 2.75) is 13.5 Å². The molecule has 6 heteroatoms. The molecule has 19 heavy (non-hydrogen) atoms. The zero-order chi connectivity index (χ0) is 13.8. The van der Waals surface area contributed by atoms with Gasteiger partial charge in [-0.3, -0.25) is 15.1 Å². The van der Waals surface area contributed by atoms with Crippen LogP contribution in [0.2, 0.25) is 0 Å². The average molecular weight is 322 g/mol. The van der Waals surface area contributed by atoms with Gasteiger partial charge in [0.25, 0.3) is 5.69 Å². The van der Waals surface area contributed by atoms with Gasteiger partial charge in [0, 0.05) is 18.3 Å². The summed E-state index contributed by atoms with van der Waals surface area (Å²) in [5, 5.41) is 14.0. The number of nitro groups is 1. The van der Waals surface area contributed by atoms with Crippen LogP contribution in [0.3, 0.4) is 0 Å². The molecule has 0 radical (unpaired) electrons. The SMILES string of the molecule is Cc1ccc(NCc2ccc(Br)c([N+](=O)[O-])c2)cn1. The number of nitro benzene ring substituents is 1. The van der Waals surface area contributed by atoms with Crippen LogP contribution in [0.4, 0.5) is 11.4 Å². The van der Waals surface area contributed by atoms with Crippen molar-refractivity contribution in [1.82, 2.24) is 4.98 Å². The van der Waals surface area contributed by atoms with Crippen molar-refractivity contribution < 1.29 is 4.92 Å². The molecule has 1 N–H and O–H groups in total. The fourth-order valence-electron chi connectivity index (χ4n) is 1.58. The van der Waals surface area contributed by atoms with Crippen LogP contribution < -0.4 is 5.32 Å². The molecule has 0 spiro atoms. The van der Waals surface area contributed by atoms with Crippen LogP contribution in [-0.4, -0.2) is 9.91 Å². The number of anilines is 1. The van der Waals surface area contributed by atoms with E-state index in [-0.39, 0.29) is 5.69 Å². The van der Waals surface area contributed by atoms with E-state index in [2.05, 4.69) is 26.2 Å². The second kappa shape index (κ2) is 5.79. The average Bonchev–Trinajstić information content (AvgIpc) is 2.39. The number of nitrogens with zero attached hydrogens (tertiary/aromatic N) is 2. The predicted octanol–water partition coefficient (Wildman–Crippen LogP) is 3.67. The third kappa shape index (κ3) is 3.51. The third-order valence-electron chi connectivity index (χ3n) is 2.62. The Bertz CT molecular complexity index is 599. The molecular weight excluding hydrogens is 310 g/mol. The smallest absolute Gasteiger partial charge is 0.283 e. The van der Waals surface area contributed by atoms with E-state index in [4.69, 9.17) is 0 Å². The van der Waals surface area contributed by atoms with Gasteiger partial charge in [-0.25, -0.2) is 0 Å². The maximum atomic E-state index is 10.8. The first-order valence-electron chi connectivity index (χ1n) is 5.65. The molecular formula is C13H12BrN3O2. The van der Waals surface area contributed by atoms with Gasteiger partial charge in [-0.1, -0.05) is 6.07 Å². The van der Waals surface area contributed by atoms with Crippen LogP contribution in [-0.2, 0) is 6.54 Å². The van der Waals surface area contributed by atoms with E-state index >= 15 is 0 Å². The van der Waals surface area contributed by atoms with Crippen molar-refractivity contribution in [1.29, 1.82) is 0 Å². The van der Waals surface area contributed by atoms with Gasteiger partial charge in [0.2, 0.25) is 0 Å². The van der Waals surface area contributed by atoms with E-state index in [1.54, 1.807) is 18.3 Å². The summed E-state index contributed by atoms with van der Waals surface area (Å²) in [6, 6.07) is 8.91. The minimum Gasteiger partial charge on any atom is -0.380 e. The Labute approximate surface area is 119 Å². The van der Waals surface area contributed by atoms with Gasteiger partial charge in [-0.05, 0) is 46.6 Å². The Balaban J connectivity index is 2.09. The number of halogens is 1. The van der Waals surface area contributed by atoms with Crippen molar-refractivity contribution in [3.8, 4) is 0 Å². The second-order valence-electron chi connectivity index (χ2n) is 4.08. The van der Waals surface area contributed by atoms with Crippen molar-refractivity contribution >= 4 is 27.3 Å². The highest BCUT2D eigenvalue weighted by atomic mass is 79.9. The summed E-state index contributed by atoms with van der Waals surface area (Å²) in [6.45, 7) is 2.43. The van der Waals surface area contributed by atoms with Crippen LogP contribution in [0.1, 0.15) is 11.3 Å². The Morgan fingerprint density at radius 3 is 2.79 bits per heavy atom. The van der Waals surface area contributed by atoms with Gasteiger partial charge >= 0.3 is 0 Å². The van der Waals surface area contributed by atoms with Crippen LogP contribution >= 0.6 is 15.9 Å². The molecule has 0 saturated carbocycles. The molecule has 0 aliphatic carbocycles. The number of aryl methyl sites for hydroxylation is 1. The third-order valence-corrected chi connectivity index (χ3v) is 3.29. The number of aromatic nitrogens is 1. The lowest BCUT2D eigenvalue weighted by atomic mass is 10.2. The van der Waals surface area contributed by atoms with Gasteiger partial charge < -0.3 is 5.32 Å². The number of pyridine rings is 1. The first-order chi connectivity index (χ1) is 9.06. The molecule has 0 amide bonds. The van der Waals surface area contributed by atoms with E-state index in [1.807, 2.05) is 25.1 Å². The summed E-state index contributed by atoms with van der Waals surface area (Å²) < 4.78 is 0.484. The van der Waals surface area contributed by atoms with Gasteiger partial charge in [-0.15, -0.1) is 0 Å². The van der Waals surface area contributed by atoms with Crippen LogP contribution in [0.15, 0.2) is 41.0 Å². The van der Waals surface area contributed by atoms with Gasteiger partial charge in [0.1, 0.15) is 0 Å². The number of nitrogens with one attached hydrogen (secondary N) is 1. The van der Waals surface area contributed by atoms with Crippen molar-refractivity contribution in [3.05, 3.63) is 62.4 Å². The molecule has 0 atom stereocenters. The van der Waals surface area contributed by atoms with Crippen molar-refractivity contribution in [2.24, 2.45) is 0 Å². The molecule has 1 aromatic carbocycles. The maximum absolute atomic E-state index is 10.8. The summed E-state index contributed by atoms with van der Waals surface area (Å²) in [7, 11) is 0. The van der Waals surface area contributed by atoms with E-state index in [9.17, 15) is 10.1 Å². The summed E-state index contributed by atoms with van der Waals surface area (Å²) in [5.41, 5.74) is 2.75. The number of benzene rings is 1. The van der Waals surface area contributed by atoms with Crippen molar-refractivity contribution in [3.63, 3.8) is 0 Å². The van der Waals surface area contributed by atoms with Crippen molar-refractivity contribution in [2.75, 3.05) is 5.32 Å². The zero-order valence-corrected chi connectivity index (χ0v) is 11.8. The molecule has 0 saturated heterocycles. The Morgan fingerprint density at radius 1 is 1.37 bits per heavy atom. The molecule has 0 bridgehead atoms. The highest BCUT2D eigenvalue weighted by Crippen LogP contribution is 2.25. The molecule has 0 fully saturated rings. The fourth-order valence-corrected chi connectivity index (χ4v) is 1.98. The normalized spacial score (nSPS) is 10.2. The summed E-state index contributed by atoms with van der Waals surface area (Å²) >= 11 is 3.16. The Morgan fingerprint density at radius 2 is 2.16 bits per heavy atom. The lowest BCUT2D eigenvalue weighted by Crippen LogP contribution is -2.01. The Hall–Kier alpha value is -1.95. The molecule has 1 heterocycles. The highest BCUT2D eigenvalue weighted by molar-refractivity contribution is 9.10. The maximum Gasteiger partial charge on any atom is 0.283 e. The largest absolute Gasteiger partial charge is 0.380 e. The van der Waals surface area contributed by atoms with E-state index in [0.717, 1.165) is 16.9 Å². The number of hydrogen-bond acceptors (Lipinski definition) is 4. The second-order valence-corrected chi connectivity index (χ2v) is 4.94.